The number of nitrogens with zero attached hydrogens (tertiary/aromatic N) is 3. The lowest BCUT2D eigenvalue weighted by atomic mass is 10.2. The molecule has 0 unspecified atom stereocenters. The Kier molecular flexibility index (Phi) is 5.47. The molecule has 2 N–H and O–H groups in total. The fourth-order valence-electron chi connectivity index (χ4n) is 3.30. The molecular formula is C22H23N5O. The summed E-state index contributed by atoms with van der Waals surface area (Å²) in [5, 5.41) is 6.18. The molecule has 6 nitrogen and oxygen atoms in total. The Labute approximate surface area is 164 Å². The van der Waals surface area contributed by atoms with Crippen LogP contribution in [0.4, 0.5) is 17.2 Å². The molecule has 0 atom stereocenters. The SMILES string of the molecule is O=C(Nc1ccc(N2CCCC2)cc1)c1ccnc(NCc2cccnc2)c1. The fraction of sp³-hybridized carbons (Fsp3) is 0.227. The Bertz CT molecular complexity index is 921. The van der Waals surface area contributed by atoms with Crippen LogP contribution in [0.1, 0.15) is 28.8 Å². The number of benzene rings is 1. The summed E-state index contributed by atoms with van der Waals surface area (Å²) in [6.45, 7) is 2.82. The van der Waals surface area contributed by atoms with E-state index in [1.807, 2.05) is 24.3 Å². The number of carbonyl (C=O) groups excluding carboxylic acids is 1. The highest BCUT2D eigenvalue weighted by atomic mass is 16.1. The van der Waals surface area contributed by atoms with Crippen molar-refractivity contribution in [1.29, 1.82) is 0 Å². The minimum Gasteiger partial charge on any atom is -0.372 e. The Hall–Kier alpha value is -3.41. The van der Waals surface area contributed by atoms with Crippen LogP contribution in [0.25, 0.3) is 0 Å². The molecule has 28 heavy (non-hydrogen) atoms. The average Bonchev–Trinajstić information content (AvgIpc) is 3.29. The van der Waals surface area contributed by atoms with Gasteiger partial charge in [-0.15, -0.1) is 0 Å². The van der Waals surface area contributed by atoms with Crippen LogP contribution in [0, 0.1) is 0 Å². The van der Waals surface area contributed by atoms with E-state index in [9.17, 15) is 4.79 Å². The van der Waals surface area contributed by atoms with Crippen molar-refractivity contribution in [2.75, 3.05) is 28.6 Å². The standard InChI is InChI=1S/C22H23N5O/c28-22(26-19-5-7-20(8-6-19)27-12-1-2-13-27)18-9-11-24-21(14-18)25-16-17-4-3-10-23-15-17/h3-11,14-15H,1-2,12-13,16H2,(H,24,25)(H,26,28). The summed E-state index contributed by atoms with van der Waals surface area (Å²) < 4.78 is 0. The number of aromatic nitrogens is 2. The molecule has 0 bridgehead atoms. The van der Waals surface area contributed by atoms with E-state index >= 15 is 0 Å². The lowest BCUT2D eigenvalue weighted by Gasteiger charge is -2.17. The second-order valence-corrected chi connectivity index (χ2v) is 6.84. The van der Waals surface area contributed by atoms with Gasteiger partial charge in [-0.05, 0) is 60.9 Å². The van der Waals surface area contributed by atoms with Gasteiger partial charge in [-0.3, -0.25) is 9.78 Å². The highest BCUT2D eigenvalue weighted by Crippen LogP contribution is 2.22. The highest BCUT2D eigenvalue weighted by Gasteiger charge is 2.12. The first-order valence-corrected chi connectivity index (χ1v) is 9.53. The zero-order chi connectivity index (χ0) is 19.2. The van der Waals surface area contributed by atoms with Gasteiger partial charge in [0.25, 0.3) is 5.91 Å². The van der Waals surface area contributed by atoms with E-state index in [0.29, 0.717) is 17.9 Å². The highest BCUT2D eigenvalue weighted by molar-refractivity contribution is 6.04. The van der Waals surface area contributed by atoms with Gasteiger partial charge in [0.05, 0.1) is 0 Å². The Morgan fingerprint density at radius 1 is 1.04 bits per heavy atom. The van der Waals surface area contributed by atoms with E-state index in [4.69, 9.17) is 0 Å². The number of hydrogen-bond acceptors (Lipinski definition) is 5. The average molecular weight is 373 g/mol. The molecule has 0 radical (unpaired) electrons. The van der Waals surface area contributed by atoms with Crippen molar-refractivity contribution in [3.05, 3.63) is 78.2 Å². The molecule has 1 fully saturated rings. The van der Waals surface area contributed by atoms with Gasteiger partial charge >= 0.3 is 0 Å². The molecule has 1 aromatic carbocycles. The maximum absolute atomic E-state index is 12.6. The van der Waals surface area contributed by atoms with Crippen LogP contribution in [0.2, 0.25) is 0 Å². The molecule has 3 heterocycles. The van der Waals surface area contributed by atoms with Crippen molar-refractivity contribution in [2.24, 2.45) is 0 Å². The number of amides is 1. The van der Waals surface area contributed by atoms with E-state index in [1.165, 1.54) is 18.5 Å². The predicted molar refractivity (Wildman–Crippen MR) is 112 cm³/mol. The van der Waals surface area contributed by atoms with Crippen LogP contribution in [0.3, 0.4) is 0 Å². The maximum Gasteiger partial charge on any atom is 0.255 e. The van der Waals surface area contributed by atoms with E-state index in [2.05, 4.69) is 37.6 Å². The lowest BCUT2D eigenvalue weighted by Crippen LogP contribution is -2.17. The first kappa shape index (κ1) is 18.0. The summed E-state index contributed by atoms with van der Waals surface area (Å²) >= 11 is 0. The van der Waals surface area contributed by atoms with Crippen molar-refractivity contribution >= 4 is 23.1 Å². The predicted octanol–water partition coefficient (Wildman–Crippen LogP) is 3.94. The summed E-state index contributed by atoms with van der Waals surface area (Å²) in [6.07, 6.45) is 7.67. The van der Waals surface area contributed by atoms with E-state index in [0.717, 1.165) is 24.3 Å². The number of pyridine rings is 2. The maximum atomic E-state index is 12.6. The quantitative estimate of drug-likeness (QED) is 0.685. The molecule has 142 valence electrons. The minimum absolute atomic E-state index is 0.152. The number of carbonyl (C=O) groups is 1. The number of anilines is 3. The second-order valence-electron chi connectivity index (χ2n) is 6.84. The summed E-state index contributed by atoms with van der Waals surface area (Å²) in [5.74, 6) is 0.502. The smallest absolute Gasteiger partial charge is 0.255 e. The Balaban J connectivity index is 1.37. The topological polar surface area (TPSA) is 70.2 Å². The molecule has 1 saturated heterocycles. The van der Waals surface area contributed by atoms with Crippen molar-refractivity contribution in [1.82, 2.24) is 9.97 Å². The van der Waals surface area contributed by atoms with Crippen molar-refractivity contribution < 1.29 is 4.79 Å². The minimum atomic E-state index is -0.152. The van der Waals surface area contributed by atoms with Crippen LogP contribution in [0.5, 0.6) is 0 Å². The van der Waals surface area contributed by atoms with Gasteiger partial charge in [-0.2, -0.15) is 0 Å². The molecule has 0 aliphatic carbocycles. The molecular weight excluding hydrogens is 350 g/mol. The summed E-state index contributed by atoms with van der Waals surface area (Å²) in [7, 11) is 0. The van der Waals surface area contributed by atoms with Crippen LogP contribution in [-0.2, 0) is 6.54 Å². The van der Waals surface area contributed by atoms with Crippen LogP contribution in [-0.4, -0.2) is 29.0 Å². The van der Waals surface area contributed by atoms with Crippen LogP contribution >= 0.6 is 0 Å². The largest absolute Gasteiger partial charge is 0.372 e. The molecule has 3 aromatic rings. The molecule has 1 aliphatic rings. The summed E-state index contributed by atoms with van der Waals surface area (Å²) in [6, 6.07) is 15.4. The van der Waals surface area contributed by atoms with Gasteiger partial charge in [0, 0.05) is 55.2 Å². The van der Waals surface area contributed by atoms with Crippen molar-refractivity contribution in [2.45, 2.75) is 19.4 Å². The molecule has 0 saturated carbocycles. The van der Waals surface area contributed by atoms with E-state index in [1.54, 1.807) is 30.7 Å². The third kappa shape index (κ3) is 4.46. The van der Waals surface area contributed by atoms with Gasteiger partial charge in [0.2, 0.25) is 0 Å². The van der Waals surface area contributed by atoms with Gasteiger partial charge in [0.15, 0.2) is 0 Å². The van der Waals surface area contributed by atoms with Gasteiger partial charge in [0.1, 0.15) is 5.82 Å². The zero-order valence-corrected chi connectivity index (χ0v) is 15.6. The number of hydrogen-bond donors (Lipinski definition) is 2. The normalized spacial score (nSPS) is 13.4. The number of rotatable bonds is 6. The molecule has 1 aliphatic heterocycles. The van der Waals surface area contributed by atoms with E-state index < -0.39 is 0 Å². The Morgan fingerprint density at radius 2 is 1.86 bits per heavy atom. The third-order valence-corrected chi connectivity index (χ3v) is 4.81. The molecule has 6 heteroatoms. The summed E-state index contributed by atoms with van der Waals surface area (Å²) in [4.78, 5) is 23.3. The molecule has 0 spiro atoms. The molecule has 2 aromatic heterocycles. The summed E-state index contributed by atoms with van der Waals surface area (Å²) in [5.41, 5.74) is 3.61. The van der Waals surface area contributed by atoms with Crippen LogP contribution in [0.15, 0.2) is 67.1 Å². The molecule has 4 rings (SSSR count). The monoisotopic (exact) mass is 373 g/mol. The van der Waals surface area contributed by atoms with Crippen molar-refractivity contribution in [3.8, 4) is 0 Å². The second kappa shape index (κ2) is 8.52. The lowest BCUT2D eigenvalue weighted by molar-refractivity contribution is 0.102. The number of nitrogens with one attached hydrogen (secondary N) is 2. The first-order chi connectivity index (χ1) is 13.8. The van der Waals surface area contributed by atoms with E-state index in [-0.39, 0.29) is 5.91 Å². The zero-order valence-electron chi connectivity index (χ0n) is 15.6. The van der Waals surface area contributed by atoms with Gasteiger partial charge in [-0.1, -0.05) is 6.07 Å². The van der Waals surface area contributed by atoms with Crippen LogP contribution < -0.4 is 15.5 Å². The first-order valence-electron chi connectivity index (χ1n) is 9.53. The molecule has 1 amide bonds. The van der Waals surface area contributed by atoms with Gasteiger partial charge in [-0.25, -0.2) is 4.98 Å². The Morgan fingerprint density at radius 3 is 2.61 bits per heavy atom. The third-order valence-electron chi connectivity index (χ3n) is 4.81. The van der Waals surface area contributed by atoms with Gasteiger partial charge < -0.3 is 15.5 Å². The van der Waals surface area contributed by atoms with Crippen molar-refractivity contribution in [3.63, 3.8) is 0 Å². The fourth-order valence-corrected chi connectivity index (χ4v) is 3.30.